The van der Waals surface area contributed by atoms with E-state index in [-0.39, 0.29) is 12.1 Å². The lowest BCUT2D eigenvalue weighted by atomic mass is 10.1. The van der Waals surface area contributed by atoms with Gasteiger partial charge in [0, 0.05) is 6.61 Å². The highest BCUT2D eigenvalue weighted by Crippen LogP contribution is 2.30. The Balaban J connectivity index is 2.27. The van der Waals surface area contributed by atoms with E-state index in [0.29, 0.717) is 10.3 Å². The maximum atomic E-state index is 9.12. The van der Waals surface area contributed by atoms with Crippen molar-refractivity contribution in [1.29, 1.82) is 5.26 Å². The number of hydrogen-bond acceptors (Lipinski definition) is 3. The van der Waals surface area contributed by atoms with Crippen LogP contribution >= 0.6 is 12.2 Å². The quantitative estimate of drug-likeness (QED) is 0.801. The van der Waals surface area contributed by atoms with E-state index >= 15 is 0 Å². The average Bonchev–Trinajstić information content (AvgIpc) is 2.91. The number of aromatic nitrogens is 2. The number of nitriles is 1. The molecule has 0 spiro atoms. The van der Waals surface area contributed by atoms with Gasteiger partial charge in [-0.25, -0.2) is 0 Å². The zero-order chi connectivity index (χ0) is 12.7. The highest BCUT2D eigenvalue weighted by molar-refractivity contribution is 7.71. The van der Waals surface area contributed by atoms with Crippen molar-refractivity contribution in [1.82, 2.24) is 9.55 Å². The Kier molecular flexibility index (Phi) is 2.69. The fourth-order valence-electron chi connectivity index (χ4n) is 2.63. The summed E-state index contributed by atoms with van der Waals surface area (Å²) in [6, 6.07) is 8.12. The number of ether oxygens (including phenoxy) is 1. The predicted octanol–water partition coefficient (Wildman–Crippen LogP) is 2.92. The van der Waals surface area contributed by atoms with E-state index in [1.807, 2.05) is 12.1 Å². The normalized spacial score (nSPS) is 23.3. The number of benzene rings is 1. The smallest absolute Gasteiger partial charge is 0.178 e. The molecular weight excluding hydrogens is 246 g/mol. The van der Waals surface area contributed by atoms with Gasteiger partial charge >= 0.3 is 0 Å². The van der Waals surface area contributed by atoms with Crippen LogP contribution in [0, 0.1) is 16.1 Å². The second-order valence-corrected chi connectivity index (χ2v) is 4.93. The largest absolute Gasteiger partial charge is 0.376 e. The summed E-state index contributed by atoms with van der Waals surface area (Å²) in [5, 5.41) is 9.12. The lowest BCUT2D eigenvalue weighted by Gasteiger charge is -2.16. The molecule has 2 heterocycles. The van der Waals surface area contributed by atoms with Crippen LogP contribution in [0.5, 0.6) is 0 Å². The van der Waals surface area contributed by atoms with Gasteiger partial charge in [-0.05, 0) is 37.7 Å². The summed E-state index contributed by atoms with van der Waals surface area (Å²) in [4.78, 5) is 3.14. The van der Waals surface area contributed by atoms with Gasteiger partial charge < -0.3 is 14.3 Å². The fourth-order valence-corrected chi connectivity index (χ4v) is 2.97. The number of hydrogen-bond donors (Lipinski definition) is 1. The molecule has 1 aromatic carbocycles. The van der Waals surface area contributed by atoms with E-state index < -0.39 is 0 Å². The van der Waals surface area contributed by atoms with Gasteiger partial charge in [0.25, 0.3) is 0 Å². The summed E-state index contributed by atoms with van der Waals surface area (Å²) in [5.74, 6) is 0. The standard InChI is InChI=1S/C13H13N3OS/c1-8-10(5-6-17-8)16-11-4-2-3-9(7-14)12(11)15-13(16)18/h2-4,8,10H,5-6H2,1H3,(H,15,18). The van der Waals surface area contributed by atoms with Crippen molar-refractivity contribution >= 4 is 23.3 Å². The summed E-state index contributed by atoms with van der Waals surface area (Å²) in [5.41, 5.74) is 2.44. The minimum atomic E-state index is 0.154. The molecule has 0 bridgehead atoms. The van der Waals surface area contributed by atoms with Crippen molar-refractivity contribution in [2.45, 2.75) is 25.5 Å². The molecule has 0 saturated carbocycles. The lowest BCUT2D eigenvalue weighted by molar-refractivity contribution is 0.108. The molecule has 2 unspecified atom stereocenters. The van der Waals surface area contributed by atoms with E-state index in [9.17, 15) is 0 Å². The Hall–Kier alpha value is -1.64. The Morgan fingerprint density at radius 3 is 3.06 bits per heavy atom. The number of nitrogens with zero attached hydrogens (tertiary/aromatic N) is 2. The number of aromatic amines is 1. The van der Waals surface area contributed by atoms with Gasteiger partial charge in [0.2, 0.25) is 0 Å². The van der Waals surface area contributed by atoms with E-state index in [1.54, 1.807) is 6.07 Å². The van der Waals surface area contributed by atoms with E-state index in [2.05, 4.69) is 22.5 Å². The molecule has 1 aliphatic rings. The Morgan fingerprint density at radius 2 is 2.39 bits per heavy atom. The first-order valence-electron chi connectivity index (χ1n) is 5.97. The average molecular weight is 259 g/mol. The Bertz CT molecular complexity index is 694. The second kappa shape index (κ2) is 4.23. The molecule has 92 valence electrons. The van der Waals surface area contributed by atoms with Crippen LogP contribution in [0.25, 0.3) is 11.0 Å². The van der Waals surface area contributed by atoms with Crippen LogP contribution in [0.2, 0.25) is 0 Å². The molecule has 1 aromatic heterocycles. The van der Waals surface area contributed by atoms with Crippen molar-refractivity contribution in [2.24, 2.45) is 0 Å². The van der Waals surface area contributed by atoms with E-state index in [0.717, 1.165) is 24.1 Å². The molecule has 4 nitrogen and oxygen atoms in total. The van der Waals surface area contributed by atoms with Crippen LogP contribution < -0.4 is 0 Å². The molecule has 5 heteroatoms. The lowest BCUT2D eigenvalue weighted by Crippen LogP contribution is -2.16. The molecule has 1 saturated heterocycles. The van der Waals surface area contributed by atoms with Crippen LogP contribution in [0.3, 0.4) is 0 Å². The van der Waals surface area contributed by atoms with Crippen LogP contribution in [0.1, 0.15) is 24.9 Å². The molecule has 2 atom stereocenters. The van der Waals surface area contributed by atoms with Crippen LogP contribution in [-0.2, 0) is 4.74 Å². The fraction of sp³-hybridized carbons (Fsp3) is 0.385. The van der Waals surface area contributed by atoms with Crippen molar-refractivity contribution in [3.63, 3.8) is 0 Å². The second-order valence-electron chi connectivity index (χ2n) is 4.54. The maximum absolute atomic E-state index is 9.12. The third-order valence-electron chi connectivity index (χ3n) is 3.54. The van der Waals surface area contributed by atoms with E-state index in [1.165, 1.54) is 0 Å². The molecule has 0 aliphatic carbocycles. The van der Waals surface area contributed by atoms with Gasteiger partial charge in [-0.3, -0.25) is 0 Å². The van der Waals surface area contributed by atoms with Crippen LogP contribution in [0.4, 0.5) is 0 Å². The van der Waals surface area contributed by atoms with Crippen molar-refractivity contribution in [3.05, 3.63) is 28.5 Å². The number of rotatable bonds is 1. The number of imidazole rings is 1. The molecule has 3 rings (SSSR count). The van der Waals surface area contributed by atoms with Crippen LogP contribution in [0.15, 0.2) is 18.2 Å². The molecule has 18 heavy (non-hydrogen) atoms. The molecule has 2 aromatic rings. The number of para-hydroxylation sites is 1. The summed E-state index contributed by atoms with van der Waals surface area (Å²) in [6.07, 6.45) is 1.11. The number of fused-ring (bicyclic) bond motifs is 1. The third kappa shape index (κ3) is 1.57. The minimum Gasteiger partial charge on any atom is -0.376 e. The summed E-state index contributed by atoms with van der Waals surface area (Å²) in [7, 11) is 0. The third-order valence-corrected chi connectivity index (χ3v) is 3.84. The minimum absolute atomic E-state index is 0.154. The predicted molar refractivity (Wildman–Crippen MR) is 70.9 cm³/mol. The first-order chi connectivity index (χ1) is 8.72. The molecule has 1 aliphatic heterocycles. The first-order valence-corrected chi connectivity index (χ1v) is 6.38. The SMILES string of the molecule is CC1OCCC1n1c(=S)[nH]c2c(C#N)cccc21. The van der Waals surface area contributed by atoms with Gasteiger partial charge in [0.1, 0.15) is 6.07 Å². The van der Waals surface area contributed by atoms with Gasteiger partial charge in [0.15, 0.2) is 4.77 Å². The summed E-state index contributed by atoms with van der Waals surface area (Å²) >= 11 is 5.39. The maximum Gasteiger partial charge on any atom is 0.178 e. The van der Waals surface area contributed by atoms with Gasteiger partial charge in [-0.1, -0.05) is 6.07 Å². The number of nitrogens with one attached hydrogen (secondary N) is 1. The number of H-pyrrole nitrogens is 1. The highest BCUT2D eigenvalue weighted by atomic mass is 32.1. The van der Waals surface area contributed by atoms with Crippen molar-refractivity contribution < 1.29 is 4.74 Å². The zero-order valence-corrected chi connectivity index (χ0v) is 10.8. The summed E-state index contributed by atoms with van der Waals surface area (Å²) < 4.78 is 8.35. The first kappa shape index (κ1) is 11.5. The monoisotopic (exact) mass is 259 g/mol. The summed E-state index contributed by atoms with van der Waals surface area (Å²) in [6.45, 7) is 2.82. The molecule has 0 radical (unpaired) electrons. The van der Waals surface area contributed by atoms with Gasteiger partial charge in [-0.2, -0.15) is 5.26 Å². The highest BCUT2D eigenvalue weighted by Gasteiger charge is 2.28. The van der Waals surface area contributed by atoms with Crippen molar-refractivity contribution in [2.75, 3.05) is 6.61 Å². The van der Waals surface area contributed by atoms with Gasteiger partial charge in [-0.15, -0.1) is 0 Å². The Labute approximate surface area is 110 Å². The van der Waals surface area contributed by atoms with Gasteiger partial charge in [0.05, 0.1) is 28.7 Å². The van der Waals surface area contributed by atoms with Crippen LogP contribution in [-0.4, -0.2) is 22.3 Å². The Morgan fingerprint density at radius 1 is 1.56 bits per heavy atom. The molecule has 1 N–H and O–H groups in total. The van der Waals surface area contributed by atoms with E-state index in [4.69, 9.17) is 22.2 Å². The molecule has 0 amide bonds. The topological polar surface area (TPSA) is 53.7 Å². The molecule has 1 fully saturated rings. The van der Waals surface area contributed by atoms with Crippen molar-refractivity contribution in [3.8, 4) is 6.07 Å². The molecular formula is C13H13N3OS. The zero-order valence-electron chi connectivity index (χ0n) is 10.0.